The number of nitrogens with zero attached hydrogens (tertiary/aromatic N) is 1. The molecule has 0 aromatic carbocycles. The number of aromatic nitrogens is 2. The monoisotopic (exact) mass is 221 g/mol. The average molecular weight is 221 g/mol. The van der Waals surface area contributed by atoms with Crippen molar-refractivity contribution >= 4 is 0 Å². The summed E-state index contributed by atoms with van der Waals surface area (Å²) in [7, 11) is 0. The van der Waals surface area contributed by atoms with Crippen molar-refractivity contribution in [1.82, 2.24) is 10.2 Å². The van der Waals surface area contributed by atoms with E-state index < -0.39 is 0 Å². The van der Waals surface area contributed by atoms with Gasteiger partial charge in [0.15, 0.2) is 0 Å². The Morgan fingerprint density at radius 1 is 1.25 bits per heavy atom. The first-order valence-electron chi connectivity index (χ1n) is 6.24. The molecule has 0 unspecified atom stereocenters. The van der Waals surface area contributed by atoms with Gasteiger partial charge >= 0.3 is 0 Å². The molecule has 3 rings (SSSR count). The molecule has 0 radical (unpaired) electrons. The Bertz CT molecular complexity index is 366. The van der Waals surface area contributed by atoms with E-state index in [0.29, 0.717) is 12.0 Å². The lowest BCUT2D eigenvalue weighted by molar-refractivity contribution is 0.109. The number of nitrogens with two attached hydrogens (primary N) is 1. The van der Waals surface area contributed by atoms with Gasteiger partial charge in [0.2, 0.25) is 0 Å². The summed E-state index contributed by atoms with van der Waals surface area (Å²) in [5.74, 6) is 0.599. The number of rotatable bonds is 1. The summed E-state index contributed by atoms with van der Waals surface area (Å²) in [4.78, 5) is 0. The zero-order chi connectivity index (χ0) is 11.0. The zero-order valence-corrected chi connectivity index (χ0v) is 9.54. The summed E-state index contributed by atoms with van der Waals surface area (Å²) >= 11 is 0. The Labute approximate surface area is 95.6 Å². The fourth-order valence-electron chi connectivity index (χ4n) is 2.86. The molecule has 1 aliphatic carbocycles. The van der Waals surface area contributed by atoms with Crippen LogP contribution in [0.15, 0.2) is 0 Å². The van der Waals surface area contributed by atoms with Crippen LogP contribution in [0.2, 0.25) is 0 Å². The van der Waals surface area contributed by atoms with Crippen molar-refractivity contribution in [3.8, 4) is 0 Å². The fourth-order valence-corrected chi connectivity index (χ4v) is 2.86. The van der Waals surface area contributed by atoms with Crippen LogP contribution in [0.1, 0.15) is 48.6 Å². The third-order valence-electron chi connectivity index (χ3n) is 3.89. The number of ether oxygens (including phenoxy) is 1. The maximum Gasteiger partial charge on any atom is 0.0753 e. The summed E-state index contributed by atoms with van der Waals surface area (Å²) in [6.07, 6.45) is 5.60. The summed E-state index contributed by atoms with van der Waals surface area (Å²) in [6.45, 7) is 1.56. The lowest BCUT2D eigenvalue weighted by atomic mass is 9.83. The molecule has 0 atom stereocenters. The lowest BCUT2D eigenvalue weighted by Crippen LogP contribution is -2.26. The Kier molecular flexibility index (Phi) is 2.69. The van der Waals surface area contributed by atoms with E-state index >= 15 is 0 Å². The quantitative estimate of drug-likeness (QED) is 0.754. The van der Waals surface area contributed by atoms with Crippen LogP contribution in [0.25, 0.3) is 0 Å². The maximum absolute atomic E-state index is 5.94. The molecule has 4 heteroatoms. The highest BCUT2D eigenvalue weighted by atomic mass is 16.5. The van der Waals surface area contributed by atoms with E-state index in [1.165, 1.54) is 29.8 Å². The van der Waals surface area contributed by atoms with Gasteiger partial charge in [-0.15, -0.1) is 0 Å². The van der Waals surface area contributed by atoms with Gasteiger partial charge in [-0.1, -0.05) is 0 Å². The average Bonchev–Trinajstić information content (AvgIpc) is 2.74. The van der Waals surface area contributed by atoms with Gasteiger partial charge in [0.25, 0.3) is 0 Å². The van der Waals surface area contributed by atoms with E-state index in [1.807, 2.05) is 0 Å². The van der Waals surface area contributed by atoms with Gasteiger partial charge in [-0.25, -0.2) is 0 Å². The van der Waals surface area contributed by atoms with Crippen LogP contribution < -0.4 is 5.73 Å². The van der Waals surface area contributed by atoms with Crippen molar-refractivity contribution in [2.24, 2.45) is 5.73 Å². The Balaban J connectivity index is 1.81. The van der Waals surface area contributed by atoms with Crippen LogP contribution in [0.4, 0.5) is 0 Å². The molecule has 0 amide bonds. The molecule has 0 saturated heterocycles. The van der Waals surface area contributed by atoms with Gasteiger partial charge in [-0.05, 0) is 25.7 Å². The first-order chi connectivity index (χ1) is 7.84. The van der Waals surface area contributed by atoms with E-state index in [-0.39, 0.29) is 0 Å². The molecule has 1 aliphatic heterocycles. The first kappa shape index (κ1) is 10.3. The van der Waals surface area contributed by atoms with Crippen molar-refractivity contribution in [2.45, 2.75) is 50.7 Å². The van der Waals surface area contributed by atoms with Crippen molar-refractivity contribution in [2.75, 3.05) is 6.61 Å². The number of fused-ring (bicyclic) bond motifs is 1. The molecule has 1 aromatic rings. The Hall–Kier alpha value is -0.870. The van der Waals surface area contributed by atoms with Gasteiger partial charge in [-0.3, -0.25) is 5.10 Å². The van der Waals surface area contributed by atoms with Crippen LogP contribution >= 0.6 is 0 Å². The number of nitrogens with one attached hydrogen (secondary N) is 1. The number of aromatic amines is 1. The van der Waals surface area contributed by atoms with E-state index in [0.717, 1.165) is 32.5 Å². The SMILES string of the molecule is NC1CCC(c2n[nH]c3c2COCC3)CC1. The predicted octanol–water partition coefficient (Wildman–Crippen LogP) is 1.47. The van der Waals surface area contributed by atoms with Crippen LogP contribution in [0, 0.1) is 0 Å². The summed E-state index contributed by atoms with van der Waals surface area (Å²) in [5, 5.41) is 7.67. The van der Waals surface area contributed by atoms with Gasteiger partial charge in [-0.2, -0.15) is 5.10 Å². The minimum Gasteiger partial charge on any atom is -0.376 e. The molecule has 88 valence electrons. The molecular formula is C12H19N3O. The van der Waals surface area contributed by atoms with Crippen molar-refractivity contribution < 1.29 is 4.74 Å². The van der Waals surface area contributed by atoms with E-state index in [9.17, 15) is 0 Å². The molecule has 2 heterocycles. The number of H-pyrrole nitrogens is 1. The normalized spacial score (nSPS) is 30.1. The standard InChI is InChI=1S/C12H19N3O/c13-9-3-1-8(2-4-9)12-10-7-16-6-5-11(10)14-15-12/h8-9H,1-7,13H2,(H,14,15). The summed E-state index contributed by atoms with van der Waals surface area (Å²) in [5.41, 5.74) is 9.80. The summed E-state index contributed by atoms with van der Waals surface area (Å²) < 4.78 is 5.52. The smallest absolute Gasteiger partial charge is 0.0753 e. The van der Waals surface area contributed by atoms with Gasteiger partial charge < -0.3 is 10.5 Å². The number of hydrogen-bond donors (Lipinski definition) is 2. The zero-order valence-electron chi connectivity index (χ0n) is 9.54. The number of hydrogen-bond acceptors (Lipinski definition) is 3. The Morgan fingerprint density at radius 2 is 2.06 bits per heavy atom. The highest BCUT2D eigenvalue weighted by molar-refractivity contribution is 5.29. The molecule has 1 fully saturated rings. The first-order valence-corrected chi connectivity index (χ1v) is 6.24. The molecule has 16 heavy (non-hydrogen) atoms. The second-order valence-corrected chi connectivity index (χ2v) is 4.98. The summed E-state index contributed by atoms with van der Waals surface area (Å²) in [6, 6.07) is 0.405. The van der Waals surface area contributed by atoms with Crippen LogP contribution in [-0.4, -0.2) is 22.8 Å². The fraction of sp³-hybridized carbons (Fsp3) is 0.750. The van der Waals surface area contributed by atoms with Crippen LogP contribution in [-0.2, 0) is 17.8 Å². The molecule has 0 spiro atoms. The van der Waals surface area contributed by atoms with Gasteiger partial charge in [0, 0.05) is 29.6 Å². The van der Waals surface area contributed by atoms with Gasteiger partial charge in [0.05, 0.1) is 18.9 Å². The molecule has 3 N–H and O–H groups in total. The molecule has 1 saturated carbocycles. The second kappa shape index (κ2) is 4.18. The maximum atomic E-state index is 5.94. The minimum atomic E-state index is 0.405. The second-order valence-electron chi connectivity index (χ2n) is 4.98. The third-order valence-corrected chi connectivity index (χ3v) is 3.89. The van der Waals surface area contributed by atoms with Crippen molar-refractivity contribution in [3.63, 3.8) is 0 Å². The highest BCUT2D eigenvalue weighted by Gasteiger charge is 2.26. The van der Waals surface area contributed by atoms with Gasteiger partial charge in [0.1, 0.15) is 0 Å². The van der Waals surface area contributed by atoms with E-state index in [4.69, 9.17) is 10.5 Å². The third kappa shape index (κ3) is 1.76. The topological polar surface area (TPSA) is 63.9 Å². The Morgan fingerprint density at radius 3 is 2.88 bits per heavy atom. The molecule has 1 aromatic heterocycles. The molecule has 4 nitrogen and oxygen atoms in total. The largest absolute Gasteiger partial charge is 0.376 e. The van der Waals surface area contributed by atoms with E-state index in [2.05, 4.69) is 10.2 Å². The predicted molar refractivity (Wildman–Crippen MR) is 61.1 cm³/mol. The minimum absolute atomic E-state index is 0.405. The molecular weight excluding hydrogens is 202 g/mol. The highest BCUT2D eigenvalue weighted by Crippen LogP contribution is 2.34. The van der Waals surface area contributed by atoms with E-state index in [1.54, 1.807) is 0 Å². The van der Waals surface area contributed by atoms with Crippen molar-refractivity contribution in [3.05, 3.63) is 17.0 Å². The molecule has 0 bridgehead atoms. The van der Waals surface area contributed by atoms with Crippen LogP contribution in [0.3, 0.4) is 0 Å². The lowest BCUT2D eigenvalue weighted by Gasteiger charge is -2.26. The van der Waals surface area contributed by atoms with Crippen LogP contribution in [0.5, 0.6) is 0 Å². The van der Waals surface area contributed by atoms with Crippen molar-refractivity contribution in [1.29, 1.82) is 0 Å². The molecule has 2 aliphatic rings.